The zero-order chi connectivity index (χ0) is 14.2. The Balaban J connectivity index is 1.77. The van der Waals surface area contributed by atoms with Gasteiger partial charge < -0.3 is 9.84 Å². The van der Waals surface area contributed by atoms with Crippen LogP contribution in [0.4, 0.5) is 0 Å². The van der Waals surface area contributed by atoms with E-state index in [0.717, 1.165) is 10.8 Å². The molecule has 0 aliphatic heterocycles. The van der Waals surface area contributed by atoms with Gasteiger partial charge in [-0.3, -0.25) is 0 Å². The highest BCUT2D eigenvalue weighted by Crippen LogP contribution is 2.17. The van der Waals surface area contributed by atoms with Crippen LogP contribution >= 0.6 is 11.8 Å². The van der Waals surface area contributed by atoms with Crippen molar-refractivity contribution in [1.82, 2.24) is 4.98 Å². The Labute approximate surface area is 122 Å². The van der Waals surface area contributed by atoms with E-state index in [2.05, 4.69) is 11.1 Å². The van der Waals surface area contributed by atoms with E-state index < -0.39 is 6.10 Å². The van der Waals surface area contributed by atoms with Crippen molar-refractivity contribution in [3.05, 3.63) is 54.2 Å². The summed E-state index contributed by atoms with van der Waals surface area (Å²) in [5, 5.41) is 19.4. The fraction of sp³-hybridized carbons (Fsp3) is 0.200. The third-order valence-corrected chi connectivity index (χ3v) is 3.54. The molecular weight excluding hydrogens is 272 g/mol. The van der Waals surface area contributed by atoms with Gasteiger partial charge in [0.25, 0.3) is 0 Å². The molecule has 0 saturated heterocycles. The van der Waals surface area contributed by atoms with Crippen LogP contribution in [0, 0.1) is 11.3 Å². The second kappa shape index (κ2) is 7.53. The van der Waals surface area contributed by atoms with Gasteiger partial charge >= 0.3 is 0 Å². The number of benzene rings is 1. The van der Waals surface area contributed by atoms with Gasteiger partial charge in [0.15, 0.2) is 0 Å². The molecule has 0 saturated carbocycles. The lowest BCUT2D eigenvalue weighted by Gasteiger charge is -2.11. The molecule has 2 rings (SSSR count). The Kier molecular flexibility index (Phi) is 5.42. The minimum absolute atomic E-state index is 0.231. The molecule has 0 radical (unpaired) electrons. The first-order chi connectivity index (χ1) is 9.78. The molecule has 102 valence electrons. The first-order valence-electron chi connectivity index (χ1n) is 6.13. The number of para-hydroxylation sites is 1. The molecule has 1 atom stereocenters. The molecule has 0 aliphatic rings. The van der Waals surface area contributed by atoms with E-state index in [4.69, 9.17) is 10.00 Å². The average Bonchev–Trinajstić information content (AvgIpc) is 2.52. The zero-order valence-electron chi connectivity index (χ0n) is 10.8. The van der Waals surface area contributed by atoms with Crippen LogP contribution in [0.2, 0.25) is 0 Å². The summed E-state index contributed by atoms with van der Waals surface area (Å²) >= 11 is 1.40. The number of aliphatic hydroxyl groups is 1. The number of ether oxygens (including phenoxy) is 1. The van der Waals surface area contributed by atoms with Crippen LogP contribution in [0.3, 0.4) is 0 Å². The lowest BCUT2D eigenvalue weighted by atomic mass is 10.3. The number of pyridine rings is 1. The van der Waals surface area contributed by atoms with Crippen LogP contribution in [0.1, 0.15) is 5.56 Å². The number of rotatable bonds is 6. The van der Waals surface area contributed by atoms with Crippen molar-refractivity contribution in [2.24, 2.45) is 0 Å². The summed E-state index contributed by atoms with van der Waals surface area (Å²) < 4.78 is 5.47. The number of hydrogen-bond donors (Lipinski definition) is 1. The van der Waals surface area contributed by atoms with E-state index >= 15 is 0 Å². The number of thioether (sulfide) groups is 1. The predicted octanol–water partition coefficient (Wildman–Crippen LogP) is 2.49. The summed E-state index contributed by atoms with van der Waals surface area (Å²) in [6.45, 7) is 0.231. The number of nitrogens with zero attached hydrogens (tertiary/aromatic N) is 2. The SMILES string of the molecule is N#Cc1ccnc(SCC(O)COc2ccccc2)c1. The Morgan fingerprint density at radius 3 is 2.85 bits per heavy atom. The monoisotopic (exact) mass is 286 g/mol. The summed E-state index contributed by atoms with van der Waals surface area (Å²) in [6.07, 6.45) is 1.00. The third-order valence-electron chi connectivity index (χ3n) is 2.47. The number of hydrogen-bond acceptors (Lipinski definition) is 5. The van der Waals surface area contributed by atoms with Gasteiger partial charge in [-0.25, -0.2) is 4.98 Å². The molecule has 1 unspecified atom stereocenters. The quantitative estimate of drug-likeness (QED) is 0.826. The fourth-order valence-electron chi connectivity index (χ4n) is 1.50. The second-order valence-electron chi connectivity index (χ2n) is 4.08. The molecule has 0 amide bonds. The molecule has 4 nitrogen and oxygen atoms in total. The summed E-state index contributed by atoms with van der Waals surface area (Å²) in [5.74, 6) is 1.20. The molecule has 1 aromatic heterocycles. The average molecular weight is 286 g/mol. The second-order valence-corrected chi connectivity index (χ2v) is 5.12. The Morgan fingerprint density at radius 1 is 1.30 bits per heavy atom. The highest BCUT2D eigenvalue weighted by molar-refractivity contribution is 7.99. The van der Waals surface area contributed by atoms with E-state index in [0.29, 0.717) is 11.3 Å². The van der Waals surface area contributed by atoms with Crippen molar-refractivity contribution in [1.29, 1.82) is 5.26 Å². The summed E-state index contributed by atoms with van der Waals surface area (Å²) in [4.78, 5) is 4.14. The normalized spacial score (nSPS) is 11.6. The molecule has 0 spiro atoms. The van der Waals surface area contributed by atoms with Gasteiger partial charge in [0.2, 0.25) is 0 Å². The molecule has 0 bridgehead atoms. The number of nitriles is 1. The Bertz CT molecular complexity index is 584. The van der Waals surface area contributed by atoms with Crippen LogP contribution in [0.15, 0.2) is 53.7 Å². The van der Waals surface area contributed by atoms with Crippen LogP contribution in [0.5, 0.6) is 5.75 Å². The molecule has 20 heavy (non-hydrogen) atoms. The summed E-state index contributed by atoms with van der Waals surface area (Å²) in [6, 6.07) is 14.8. The molecular formula is C15H14N2O2S. The van der Waals surface area contributed by atoms with E-state index in [-0.39, 0.29) is 6.61 Å². The van der Waals surface area contributed by atoms with Gasteiger partial charge in [-0.05, 0) is 24.3 Å². The van der Waals surface area contributed by atoms with Crippen molar-refractivity contribution < 1.29 is 9.84 Å². The van der Waals surface area contributed by atoms with Gasteiger partial charge in [-0.1, -0.05) is 18.2 Å². The smallest absolute Gasteiger partial charge is 0.119 e. The minimum atomic E-state index is -0.590. The number of aromatic nitrogens is 1. The lowest BCUT2D eigenvalue weighted by molar-refractivity contribution is 0.126. The first-order valence-corrected chi connectivity index (χ1v) is 7.11. The van der Waals surface area contributed by atoms with Crippen molar-refractivity contribution in [2.45, 2.75) is 11.1 Å². The van der Waals surface area contributed by atoms with Gasteiger partial charge in [0, 0.05) is 11.9 Å². The van der Waals surface area contributed by atoms with Crippen LogP contribution in [0.25, 0.3) is 0 Å². The summed E-state index contributed by atoms with van der Waals surface area (Å²) in [7, 11) is 0. The third kappa shape index (κ3) is 4.57. The summed E-state index contributed by atoms with van der Waals surface area (Å²) in [5.41, 5.74) is 0.567. The van der Waals surface area contributed by atoms with E-state index in [1.807, 2.05) is 30.3 Å². The van der Waals surface area contributed by atoms with Crippen molar-refractivity contribution in [3.8, 4) is 11.8 Å². The molecule has 5 heteroatoms. The molecule has 1 N–H and O–H groups in total. The molecule has 1 heterocycles. The zero-order valence-corrected chi connectivity index (χ0v) is 11.6. The van der Waals surface area contributed by atoms with Crippen molar-refractivity contribution >= 4 is 11.8 Å². The van der Waals surface area contributed by atoms with Crippen molar-refractivity contribution in [3.63, 3.8) is 0 Å². The highest BCUT2D eigenvalue weighted by Gasteiger charge is 2.07. The Morgan fingerprint density at radius 2 is 2.10 bits per heavy atom. The van der Waals surface area contributed by atoms with Gasteiger partial charge in [0.05, 0.1) is 22.8 Å². The maximum atomic E-state index is 9.86. The minimum Gasteiger partial charge on any atom is -0.491 e. The standard InChI is InChI=1S/C15H14N2O2S/c16-9-12-6-7-17-15(8-12)20-11-13(18)10-19-14-4-2-1-3-5-14/h1-8,13,18H,10-11H2. The topological polar surface area (TPSA) is 66.1 Å². The van der Waals surface area contributed by atoms with Crippen molar-refractivity contribution in [2.75, 3.05) is 12.4 Å². The molecule has 0 aliphatic carbocycles. The molecule has 2 aromatic rings. The van der Waals surface area contributed by atoms with Gasteiger partial charge in [0.1, 0.15) is 12.4 Å². The van der Waals surface area contributed by atoms with E-state index in [1.54, 1.807) is 18.3 Å². The number of aliphatic hydroxyl groups excluding tert-OH is 1. The van der Waals surface area contributed by atoms with Gasteiger partial charge in [-0.15, -0.1) is 11.8 Å². The maximum absolute atomic E-state index is 9.86. The Hall–Kier alpha value is -2.03. The van der Waals surface area contributed by atoms with Crippen LogP contribution < -0.4 is 4.74 Å². The van der Waals surface area contributed by atoms with Crippen LogP contribution in [-0.2, 0) is 0 Å². The predicted molar refractivity (Wildman–Crippen MR) is 77.6 cm³/mol. The van der Waals surface area contributed by atoms with E-state index in [9.17, 15) is 5.11 Å². The fourth-order valence-corrected chi connectivity index (χ4v) is 2.30. The highest BCUT2D eigenvalue weighted by atomic mass is 32.2. The lowest BCUT2D eigenvalue weighted by Crippen LogP contribution is -2.20. The molecule has 0 fully saturated rings. The van der Waals surface area contributed by atoms with Gasteiger partial charge in [-0.2, -0.15) is 5.26 Å². The van der Waals surface area contributed by atoms with Crippen LogP contribution in [-0.4, -0.2) is 28.6 Å². The largest absolute Gasteiger partial charge is 0.491 e. The first kappa shape index (κ1) is 14.4. The molecule has 1 aromatic carbocycles. The van der Waals surface area contributed by atoms with E-state index in [1.165, 1.54) is 11.8 Å². The maximum Gasteiger partial charge on any atom is 0.119 e.